The molecule has 0 amide bonds. The highest BCUT2D eigenvalue weighted by atomic mass is 19.4. The number of halogens is 3. The minimum atomic E-state index is -4.71. The maximum atomic E-state index is 12.4. The number of hydrogen-bond donors (Lipinski definition) is 0. The normalized spacial score (nSPS) is 17.3. The van der Waals surface area contributed by atoms with Gasteiger partial charge in [-0.15, -0.1) is 13.2 Å². The molecule has 1 saturated heterocycles. The van der Waals surface area contributed by atoms with Gasteiger partial charge in [-0.05, 0) is 70.9 Å². The van der Waals surface area contributed by atoms with Crippen LogP contribution in [0.25, 0.3) is 11.1 Å². The van der Waals surface area contributed by atoms with Crippen LogP contribution in [0, 0.1) is 10.1 Å². The monoisotopic (exact) mass is 624 g/mol. The summed E-state index contributed by atoms with van der Waals surface area (Å²) in [5.74, 6) is 0.742. The molecule has 236 valence electrons. The molecule has 6 rings (SSSR count). The second-order valence-electron chi connectivity index (χ2n) is 11.0. The van der Waals surface area contributed by atoms with Crippen LogP contribution in [0.4, 0.5) is 19.0 Å². The molecule has 1 aromatic heterocycles. The molecule has 1 fully saturated rings. The van der Waals surface area contributed by atoms with Crippen LogP contribution in [0.15, 0.2) is 79.0 Å². The van der Waals surface area contributed by atoms with Gasteiger partial charge in [0.15, 0.2) is 0 Å². The number of alkyl halides is 3. The molecular weight excluding hydrogens is 593 g/mol. The molecule has 10 nitrogen and oxygen atoms in total. The number of likely N-dealkylation sites (tertiary alicyclic amines) is 1. The second-order valence-corrected chi connectivity index (χ2v) is 11.0. The maximum Gasteiger partial charge on any atom is 0.573 e. The lowest BCUT2D eigenvalue weighted by Crippen LogP contribution is -2.37. The van der Waals surface area contributed by atoms with Crippen LogP contribution in [0.3, 0.4) is 0 Å². The van der Waals surface area contributed by atoms with Gasteiger partial charge in [0.25, 0.3) is 0 Å². The van der Waals surface area contributed by atoms with Gasteiger partial charge in [-0.1, -0.05) is 36.4 Å². The number of imidazole rings is 1. The molecule has 1 unspecified atom stereocenters. The van der Waals surface area contributed by atoms with Crippen molar-refractivity contribution in [1.29, 1.82) is 0 Å². The third-order valence-corrected chi connectivity index (χ3v) is 7.76. The van der Waals surface area contributed by atoms with Crippen LogP contribution in [0.1, 0.15) is 24.8 Å². The zero-order valence-electron chi connectivity index (χ0n) is 24.2. The van der Waals surface area contributed by atoms with E-state index >= 15 is 0 Å². The first kappa shape index (κ1) is 30.3. The van der Waals surface area contributed by atoms with Crippen LogP contribution in [-0.4, -0.2) is 57.6 Å². The van der Waals surface area contributed by atoms with E-state index < -0.39 is 11.3 Å². The average Bonchev–Trinajstić information content (AvgIpc) is 3.46. The van der Waals surface area contributed by atoms with Gasteiger partial charge in [0, 0.05) is 37.6 Å². The zero-order valence-corrected chi connectivity index (χ0v) is 24.2. The van der Waals surface area contributed by atoms with Crippen molar-refractivity contribution in [2.75, 3.05) is 19.7 Å². The maximum absolute atomic E-state index is 12.4. The van der Waals surface area contributed by atoms with Gasteiger partial charge < -0.3 is 29.1 Å². The highest BCUT2D eigenvalue weighted by Crippen LogP contribution is 2.28. The van der Waals surface area contributed by atoms with Crippen molar-refractivity contribution >= 4 is 5.82 Å². The molecule has 0 spiro atoms. The molecule has 0 N–H and O–H groups in total. The van der Waals surface area contributed by atoms with Gasteiger partial charge in [-0.25, -0.2) is 0 Å². The van der Waals surface area contributed by atoms with Gasteiger partial charge in [0.2, 0.25) is 0 Å². The standard InChI is InChI=1S/C32H31F3N4O6/c33-32(34,35)45-28-11-9-26(10-12-28)43-27-13-16-37(17-14-27)19-22-1-3-23(4-2-22)24-5-7-25(8-6-24)42-21-29-15-18-38-20-30(39(40)41)36-31(38)44-29/h1-12,20,27,29H,13-19,21H2. The van der Waals surface area contributed by atoms with Gasteiger partial charge >= 0.3 is 18.2 Å². The van der Waals surface area contributed by atoms with E-state index in [0.29, 0.717) is 31.1 Å². The number of piperidine rings is 1. The number of ether oxygens (including phenoxy) is 4. The summed E-state index contributed by atoms with van der Waals surface area (Å²) < 4.78 is 60.3. The Morgan fingerprint density at radius 1 is 0.867 bits per heavy atom. The molecule has 0 radical (unpaired) electrons. The van der Waals surface area contributed by atoms with Crippen molar-refractivity contribution < 1.29 is 37.0 Å². The number of hydrogen-bond acceptors (Lipinski definition) is 8. The summed E-state index contributed by atoms with van der Waals surface area (Å²) in [6, 6.07) is 22.0. The fourth-order valence-electron chi connectivity index (χ4n) is 5.43. The highest BCUT2D eigenvalue weighted by Gasteiger charge is 2.31. The van der Waals surface area contributed by atoms with Crippen LogP contribution < -0.4 is 18.9 Å². The minimum Gasteiger partial charge on any atom is -0.490 e. The number of nitro groups is 1. The van der Waals surface area contributed by atoms with E-state index in [1.807, 2.05) is 24.3 Å². The van der Waals surface area contributed by atoms with Crippen LogP contribution in [0.5, 0.6) is 23.3 Å². The number of fused-ring (bicyclic) bond motifs is 1. The number of benzene rings is 3. The number of aryl methyl sites for hydroxylation is 1. The second kappa shape index (κ2) is 13.1. The van der Waals surface area contributed by atoms with E-state index in [4.69, 9.17) is 14.2 Å². The first-order valence-corrected chi connectivity index (χ1v) is 14.6. The van der Waals surface area contributed by atoms with Crippen molar-refractivity contribution in [3.8, 4) is 34.4 Å². The van der Waals surface area contributed by atoms with E-state index in [9.17, 15) is 23.3 Å². The summed E-state index contributed by atoms with van der Waals surface area (Å²) >= 11 is 0. The van der Waals surface area contributed by atoms with Crippen LogP contribution in [0.2, 0.25) is 0 Å². The molecule has 13 heteroatoms. The smallest absolute Gasteiger partial charge is 0.490 e. The lowest BCUT2D eigenvalue weighted by atomic mass is 10.0. The van der Waals surface area contributed by atoms with Crippen LogP contribution in [-0.2, 0) is 13.1 Å². The molecular formula is C32H31F3N4O6. The van der Waals surface area contributed by atoms with Crippen molar-refractivity contribution in [3.05, 3.63) is 94.7 Å². The fourth-order valence-corrected chi connectivity index (χ4v) is 5.43. The lowest BCUT2D eigenvalue weighted by molar-refractivity contribution is -0.389. The van der Waals surface area contributed by atoms with Gasteiger partial charge in [0.05, 0.1) is 0 Å². The molecule has 0 bridgehead atoms. The van der Waals surface area contributed by atoms with Crippen LogP contribution >= 0.6 is 0 Å². The fraction of sp³-hybridized carbons (Fsp3) is 0.344. The summed E-state index contributed by atoms with van der Waals surface area (Å²) in [6.45, 7) is 3.43. The minimum absolute atomic E-state index is 0.00786. The quantitative estimate of drug-likeness (QED) is 0.143. The van der Waals surface area contributed by atoms with E-state index in [1.165, 1.54) is 36.0 Å². The molecule has 1 atom stereocenters. The van der Waals surface area contributed by atoms with Crippen molar-refractivity contribution in [2.45, 2.75) is 50.9 Å². The number of nitrogens with zero attached hydrogens (tertiary/aromatic N) is 4. The van der Waals surface area contributed by atoms with E-state index in [-0.39, 0.29) is 29.8 Å². The molecule has 3 heterocycles. The summed E-state index contributed by atoms with van der Waals surface area (Å²) in [5, 5.41) is 10.9. The van der Waals surface area contributed by atoms with Gasteiger partial charge in [-0.2, -0.15) is 0 Å². The zero-order chi connectivity index (χ0) is 31.4. The third kappa shape index (κ3) is 8.04. The Bertz CT molecular complexity index is 1590. The van der Waals surface area contributed by atoms with Crippen molar-refractivity contribution in [1.82, 2.24) is 14.5 Å². The Balaban J connectivity index is 0.934. The van der Waals surface area contributed by atoms with E-state index in [0.717, 1.165) is 43.6 Å². The number of aromatic nitrogens is 2. The molecule has 2 aliphatic heterocycles. The molecule has 0 saturated carbocycles. The topological polar surface area (TPSA) is 101 Å². The number of rotatable bonds is 10. The van der Waals surface area contributed by atoms with Gasteiger partial charge in [-0.3, -0.25) is 9.47 Å². The lowest BCUT2D eigenvalue weighted by Gasteiger charge is -2.32. The molecule has 2 aliphatic rings. The van der Waals surface area contributed by atoms with E-state index in [1.54, 1.807) is 4.57 Å². The Hall–Kier alpha value is -4.78. The summed E-state index contributed by atoms with van der Waals surface area (Å²) in [6.07, 6.45) is -1.25. The summed E-state index contributed by atoms with van der Waals surface area (Å²) in [7, 11) is 0. The summed E-state index contributed by atoms with van der Waals surface area (Å²) in [5.41, 5.74) is 3.36. The Labute approximate surface area is 257 Å². The molecule has 3 aromatic carbocycles. The SMILES string of the molecule is O=[N+]([O-])c1cn2c(n1)OC(COc1ccc(-c3ccc(CN4CCC(Oc5ccc(OC(F)(F)F)cc5)CC4)cc3)cc1)CC2. The Morgan fingerprint density at radius 3 is 2.13 bits per heavy atom. The van der Waals surface area contributed by atoms with E-state index in [2.05, 4.69) is 38.9 Å². The Kier molecular flexibility index (Phi) is 8.78. The average molecular weight is 625 g/mol. The first-order valence-electron chi connectivity index (χ1n) is 14.6. The molecule has 4 aromatic rings. The largest absolute Gasteiger partial charge is 0.573 e. The van der Waals surface area contributed by atoms with Crippen molar-refractivity contribution in [2.24, 2.45) is 0 Å². The predicted molar refractivity (Wildman–Crippen MR) is 157 cm³/mol. The van der Waals surface area contributed by atoms with Crippen molar-refractivity contribution in [3.63, 3.8) is 0 Å². The molecule has 45 heavy (non-hydrogen) atoms. The molecule has 0 aliphatic carbocycles. The third-order valence-electron chi connectivity index (χ3n) is 7.76. The summed E-state index contributed by atoms with van der Waals surface area (Å²) in [4.78, 5) is 16.7. The first-order chi connectivity index (χ1) is 21.7. The Morgan fingerprint density at radius 2 is 1.49 bits per heavy atom. The highest BCUT2D eigenvalue weighted by molar-refractivity contribution is 5.64. The van der Waals surface area contributed by atoms with Gasteiger partial charge in [0.1, 0.15) is 42.3 Å². The predicted octanol–water partition coefficient (Wildman–Crippen LogP) is 6.63.